The van der Waals surface area contributed by atoms with Crippen LogP contribution in [-0.4, -0.2) is 6.10 Å². The molecule has 0 aromatic carbocycles. The first-order chi connectivity index (χ1) is 2.77. The summed E-state index contributed by atoms with van der Waals surface area (Å²) in [5.41, 5.74) is 0. The quantitative estimate of drug-likeness (QED) is 0.510. The van der Waals surface area contributed by atoms with Gasteiger partial charge in [-0.1, -0.05) is 0 Å². The molecule has 0 rings (SSSR count). The first kappa shape index (κ1) is 7.12. The summed E-state index contributed by atoms with van der Waals surface area (Å²) in [5.74, 6) is 0. The Morgan fingerprint density at radius 1 is 1.67 bits per heavy atom. The van der Waals surface area contributed by atoms with E-state index >= 15 is 0 Å². The van der Waals surface area contributed by atoms with E-state index in [0.29, 0.717) is 12.6 Å². The molecule has 3 heteroatoms. The van der Waals surface area contributed by atoms with Gasteiger partial charge in [0, 0.05) is 0 Å². The highest BCUT2D eigenvalue weighted by Gasteiger charge is 1.85. The van der Waals surface area contributed by atoms with Crippen LogP contribution in [0.4, 0.5) is 0 Å². The molecule has 0 saturated heterocycles. The van der Waals surface area contributed by atoms with Crippen molar-refractivity contribution in [3.8, 4) is 0 Å². The maximum atomic E-state index is 5.06. The topological polar surface area (TPSA) is 9.23 Å². The molecule has 0 radical (unpaired) electrons. The third kappa shape index (κ3) is 5.12. The molecule has 0 aliphatic heterocycles. The van der Waals surface area contributed by atoms with Gasteiger partial charge >= 0.3 is 0 Å². The molecular formula is C3H8IOP. The minimum atomic E-state index is 0.403. The Bertz CT molecular complexity index is 32.0. The van der Waals surface area contributed by atoms with Crippen molar-refractivity contribution >= 4 is 28.5 Å². The van der Waals surface area contributed by atoms with Crippen LogP contribution >= 0.6 is 28.5 Å². The molecule has 0 saturated carbocycles. The lowest BCUT2D eigenvalue weighted by molar-refractivity contribution is 0.286. The van der Waals surface area contributed by atoms with Gasteiger partial charge in [-0.2, -0.15) is 0 Å². The van der Waals surface area contributed by atoms with E-state index in [4.69, 9.17) is 4.52 Å². The summed E-state index contributed by atoms with van der Waals surface area (Å²) in [6, 6.07) is 0. The zero-order valence-corrected chi connectivity index (χ0v) is 7.02. The molecule has 1 unspecified atom stereocenters. The second-order valence-corrected chi connectivity index (χ2v) is 2.95. The standard InChI is InChI=1S/C3H8IOP/c1-3(2)5-6-4/h3,6H,1-2H3. The van der Waals surface area contributed by atoms with Gasteiger partial charge in [0.15, 0.2) is 0 Å². The fourth-order valence-corrected chi connectivity index (χ4v) is 1.79. The van der Waals surface area contributed by atoms with Gasteiger partial charge in [0.05, 0.1) is 12.6 Å². The Kier molecular flexibility index (Phi) is 5.08. The Labute approximate surface area is 53.2 Å². The van der Waals surface area contributed by atoms with Gasteiger partial charge in [-0.15, -0.1) is 0 Å². The summed E-state index contributed by atoms with van der Waals surface area (Å²) < 4.78 is 5.06. The Hall–Kier alpha value is 1.12. The van der Waals surface area contributed by atoms with E-state index in [1.807, 2.05) is 13.8 Å². The van der Waals surface area contributed by atoms with Crippen LogP contribution in [0.1, 0.15) is 13.8 Å². The molecule has 0 aliphatic rings. The third-order valence-electron chi connectivity index (χ3n) is 0.280. The summed E-state index contributed by atoms with van der Waals surface area (Å²) in [6.45, 7) is 4.67. The smallest absolute Gasteiger partial charge is 0.0797 e. The molecule has 0 heterocycles. The summed E-state index contributed by atoms with van der Waals surface area (Å²) in [5, 5.41) is 0. The average molecular weight is 218 g/mol. The van der Waals surface area contributed by atoms with Crippen molar-refractivity contribution < 1.29 is 4.52 Å². The second kappa shape index (κ2) is 4.28. The first-order valence-electron chi connectivity index (χ1n) is 1.78. The van der Waals surface area contributed by atoms with Crippen molar-refractivity contribution in [2.24, 2.45) is 0 Å². The van der Waals surface area contributed by atoms with Gasteiger partial charge < -0.3 is 4.52 Å². The molecule has 0 amide bonds. The predicted molar refractivity (Wildman–Crippen MR) is 38.6 cm³/mol. The van der Waals surface area contributed by atoms with E-state index in [1.54, 1.807) is 0 Å². The summed E-state index contributed by atoms with van der Waals surface area (Å²) >= 11 is 2.21. The highest BCUT2D eigenvalue weighted by molar-refractivity contribution is 14.2. The predicted octanol–water partition coefficient (Wildman–Crippen LogP) is 2.35. The molecule has 0 spiro atoms. The fourth-order valence-electron chi connectivity index (χ4n) is 0.0891. The van der Waals surface area contributed by atoms with Gasteiger partial charge in [-0.3, -0.25) is 0 Å². The number of halogens is 1. The molecule has 0 fully saturated rings. The maximum absolute atomic E-state index is 5.06. The fraction of sp³-hybridized carbons (Fsp3) is 1.00. The van der Waals surface area contributed by atoms with Crippen molar-refractivity contribution in [2.45, 2.75) is 20.0 Å². The van der Waals surface area contributed by atoms with Crippen molar-refractivity contribution in [1.29, 1.82) is 0 Å². The van der Waals surface area contributed by atoms with Crippen LogP contribution < -0.4 is 0 Å². The second-order valence-electron chi connectivity index (χ2n) is 1.24. The minimum absolute atomic E-state index is 0.403. The van der Waals surface area contributed by atoms with Crippen molar-refractivity contribution in [3.05, 3.63) is 0 Å². The van der Waals surface area contributed by atoms with E-state index in [0.717, 1.165) is 0 Å². The molecule has 1 atom stereocenters. The van der Waals surface area contributed by atoms with Crippen molar-refractivity contribution in [3.63, 3.8) is 0 Å². The largest absolute Gasteiger partial charge is 0.349 e. The highest BCUT2D eigenvalue weighted by atomic mass is 127. The van der Waals surface area contributed by atoms with E-state index in [9.17, 15) is 0 Å². The molecule has 0 bridgehead atoms. The lowest BCUT2D eigenvalue weighted by Gasteiger charge is -1.98. The van der Waals surface area contributed by atoms with Gasteiger partial charge in [0.1, 0.15) is 0 Å². The Morgan fingerprint density at radius 2 is 2.17 bits per heavy atom. The lowest BCUT2D eigenvalue weighted by atomic mass is 10.5. The SMILES string of the molecule is CC(C)OPI. The normalized spacial score (nSPS) is 12.0. The Morgan fingerprint density at radius 3 is 2.17 bits per heavy atom. The first-order valence-corrected chi connectivity index (χ1v) is 5.81. The highest BCUT2D eigenvalue weighted by Crippen LogP contribution is 2.23. The van der Waals surface area contributed by atoms with Crippen LogP contribution in [0.15, 0.2) is 0 Å². The molecule has 6 heavy (non-hydrogen) atoms. The number of rotatable bonds is 2. The zero-order valence-electron chi connectivity index (χ0n) is 3.86. The van der Waals surface area contributed by atoms with Crippen LogP contribution in [0, 0.1) is 0 Å². The molecule has 38 valence electrons. The van der Waals surface area contributed by atoms with E-state index in [1.165, 1.54) is 0 Å². The molecular weight excluding hydrogens is 210 g/mol. The van der Waals surface area contributed by atoms with Crippen LogP contribution in [0.5, 0.6) is 0 Å². The maximum Gasteiger partial charge on any atom is 0.0797 e. The molecule has 0 aliphatic carbocycles. The van der Waals surface area contributed by atoms with Gasteiger partial charge in [-0.05, 0) is 35.9 Å². The Balaban J connectivity index is 2.63. The van der Waals surface area contributed by atoms with Crippen LogP contribution in [0.25, 0.3) is 0 Å². The summed E-state index contributed by atoms with van der Waals surface area (Å²) in [4.78, 5) is 0. The monoisotopic (exact) mass is 218 g/mol. The third-order valence-corrected chi connectivity index (χ3v) is 1.60. The average Bonchev–Trinajstić information content (AvgIpc) is 1.35. The van der Waals surface area contributed by atoms with Crippen LogP contribution in [0.3, 0.4) is 0 Å². The van der Waals surface area contributed by atoms with Gasteiger partial charge in [0.25, 0.3) is 0 Å². The van der Waals surface area contributed by atoms with Crippen LogP contribution in [-0.2, 0) is 4.52 Å². The van der Waals surface area contributed by atoms with Crippen molar-refractivity contribution in [1.82, 2.24) is 0 Å². The number of hydrogen-bond acceptors (Lipinski definition) is 1. The lowest BCUT2D eigenvalue weighted by Crippen LogP contribution is -1.89. The van der Waals surface area contributed by atoms with E-state index in [2.05, 4.69) is 22.0 Å². The van der Waals surface area contributed by atoms with Gasteiger partial charge in [0.2, 0.25) is 0 Å². The van der Waals surface area contributed by atoms with E-state index < -0.39 is 0 Å². The van der Waals surface area contributed by atoms with Gasteiger partial charge in [-0.25, -0.2) is 0 Å². The summed E-state index contributed by atoms with van der Waals surface area (Å²) in [7, 11) is 0. The zero-order chi connectivity index (χ0) is 4.99. The van der Waals surface area contributed by atoms with Crippen molar-refractivity contribution in [2.75, 3.05) is 0 Å². The molecule has 0 aromatic rings. The molecule has 0 aromatic heterocycles. The van der Waals surface area contributed by atoms with Crippen LogP contribution in [0.2, 0.25) is 0 Å². The molecule has 0 N–H and O–H groups in total. The molecule has 1 nitrogen and oxygen atoms in total. The van der Waals surface area contributed by atoms with E-state index in [-0.39, 0.29) is 0 Å². The number of hydrogen-bond donors (Lipinski definition) is 0. The minimum Gasteiger partial charge on any atom is -0.349 e. The summed E-state index contributed by atoms with van der Waals surface area (Å²) in [6.07, 6.45) is 0.403.